The number of allylic oxidation sites excluding steroid dienone is 2. The summed E-state index contributed by atoms with van der Waals surface area (Å²) in [6, 6.07) is 0. The summed E-state index contributed by atoms with van der Waals surface area (Å²) in [7, 11) is 0. The molecule has 10 heavy (non-hydrogen) atoms. The predicted octanol–water partition coefficient (Wildman–Crippen LogP) is 1.85. The molecule has 0 N–H and O–H groups in total. The first-order valence-corrected chi connectivity index (χ1v) is 3.35. The molecule has 55 valence electrons. The van der Waals surface area contributed by atoms with Crippen LogP contribution in [0.1, 0.15) is 6.92 Å². The first-order valence-electron chi connectivity index (χ1n) is 2.56. The molecule has 0 aromatic heterocycles. The summed E-state index contributed by atoms with van der Waals surface area (Å²) in [5.41, 5.74) is 3.48. The molecule has 1 rings (SSSR count). The van der Waals surface area contributed by atoms with Crippen LogP contribution in [0.3, 0.4) is 0 Å². The van der Waals surface area contributed by atoms with E-state index in [0.29, 0.717) is 10.2 Å². The third kappa shape index (κ3) is 1.18. The van der Waals surface area contributed by atoms with E-state index in [1.807, 2.05) is 0 Å². The van der Waals surface area contributed by atoms with E-state index in [2.05, 4.69) is 26.5 Å². The highest BCUT2D eigenvalue weighted by molar-refractivity contribution is 9.12. The fourth-order valence-corrected chi connectivity index (χ4v) is 0.873. The SMILES string of the molecule is CC1=N[N]C(C(F)F)=C1Br. The molecule has 0 atom stereocenters. The van der Waals surface area contributed by atoms with Crippen molar-refractivity contribution >= 4 is 21.6 Å². The summed E-state index contributed by atoms with van der Waals surface area (Å²) in [4.78, 5) is 0. The second-order valence-electron chi connectivity index (χ2n) is 1.79. The third-order valence-corrected chi connectivity index (χ3v) is 2.04. The molecule has 0 fully saturated rings. The van der Waals surface area contributed by atoms with Gasteiger partial charge in [0.05, 0.1) is 10.2 Å². The van der Waals surface area contributed by atoms with E-state index in [-0.39, 0.29) is 5.70 Å². The van der Waals surface area contributed by atoms with Crippen molar-refractivity contribution in [2.45, 2.75) is 13.3 Å². The molecule has 0 saturated carbocycles. The van der Waals surface area contributed by atoms with Gasteiger partial charge in [-0.1, -0.05) is 0 Å². The van der Waals surface area contributed by atoms with E-state index in [4.69, 9.17) is 0 Å². The second kappa shape index (κ2) is 2.65. The summed E-state index contributed by atoms with van der Waals surface area (Å²) < 4.78 is 24.1. The highest BCUT2D eigenvalue weighted by atomic mass is 79.9. The van der Waals surface area contributed by atoms with Crippen LogP contribution < -0.4 is 5.43 Å². The van der Waals surface area contributed by atoms with Crippen molar-refractivity contribution in [2.24, 2.45) is 5.10 Å². The van der Waals surface area contributed by atoms with Gasteiger partial charge in [0.1, 0.15) is 5.70 Å². The number of hydrogen-bond donors (Lipinski definition) is 0. The lowest BCUT2D eigenvalue weighted by atomic mass is 10.3. The number of rotatable bonds is 1. The fourth-order valence-electron chi connectivity index (χ4n) is 0.541. The Morgan fingerprint density at radius 3 is 2.30 bits per heavy atom. The summed E-state index contributed by atoms with van der Waals surface area (Å²) >= 11 is 2.95. The van der Waals surface area contributed by atoms with Crippen molar-refractivity contribution < 1.29 is 8.78 Å². The Balaban J connectivity index is 2.84. The van der Waals surface area contributed by atoms with E-state index in [1.54, 1.807) is 6.92 Å². The number of nitrogens with zero attached hydrogens (tertiary/aromatic N) is 2. The summed E-state index contributed by atoms with van der Waals surface area (Å²) in [6.07, 6.45) is -2.55. The zero-order chi connectivity index (χ0) is 7.72. The maximum atomic E-state index is 11.9. The molecule has 0 aliphatic carbocycles. The van der Waals surface area contributed by atoms with Crippen LogP contribution in [-0.2, 0) is 0 Å². The van der Waals surface area contributed by atoms with E-state index in [9.17, 15) is 8.78 Å². The minimum absolute atomic E-state index is 0.280. The van der Waals surface area contributed by atoms with Gasteiger partial charge in [-0.3, -0.25) is 0 Å². The van der Waals surface area contributed by atoms with Crippen molar-refractivity contribution in [3.63, 3.8) is 0 Å². The van der Waals surface area contributed by atoms with Crippen LogP contribution in [0.5, 0.6) is 0 Å². The molecule has 0 aromatic carbocycles. The number of alkyl halides is 2. The Hall–Kier alpha value is -0.450. The molecule has 0 saturated heterocycles. The van der Waals surface area contributed by atoms with Crippen LogP contribution >= 0.6 is 15.9 Å². The van der Waals surface area contributed by atoms with Gasteiger partial charge in [0.25, 0.3) is 6.43 Å². The first kappa shape index (κ1) is 7.65. The van der Waals surface area contributed by atoms with Gasteiger partial charge < -0.3 is 0 Å². The maximum absolute atomic E-state index is 11.9. The largest absolute Gasteiger partial charge is 0.283 e. The molecule has 0 unspecified atom stereocenters. The predicted molar refractivity (Wildman–Crippen MR) is 37.2 cm³/mol. The van der Waals surface area contributed by atoms with Crippen LogP contribution in [0, 0.1) is 0 Å². The highest BCUT2D eigenvalue weighted by Crippen LogP contribution is 2.23. The molecule has 1 radical (unpaired) electrons. The monoisotopic (exact) mass is 209 g/mol. The van der Waals surface area contributed by atoms with Crippen LogP contribution in [0.25, 0.3) is 0 Å². The highest BCUT2D eigenvalue weighted by Gasteiger charge is 2.23. The molecule has 0 spiro atoms. The lowest BCUT2D eigenvalue weighted by Crippen LogP contribution is -2.03. The second-order valence-corrected chi connectivity index (χ2v) is 2.58. The minimum atomic E-state index is -2.55. The quantitative estimate of drug-likeness (QED) is 0.631. The van der Waals surface area contributed by atoms with Gasteiger partial charge in [0.2, 0.25) is 0 Å². The average molecular weight is 210 g/mol. The lowest BCUT2D eigenvalue weighted by molar-refractivity contribution is 0.181. The Morgan fingerprint density at radius 1 is 1.50 bits per heavy atom. The molecule has 2 nitrogen and oxygen atoms in total. The molecule has 0 amide bonds. The smallest absolute Gasteiger partial charge is 0.203 e. The van der Waals surface area contributed by atoms with Gasteiger partial charge in [-0.15, -0.1) is 5.43 Å². The van der Waals surface area contributed by atoms with Crippen molar-refractivity contribution in [3.05, 3.63) is 10.2 Å². The van der Waals surface area contributed by atoms with Crippen LogP contribution in [0.4, 0.5) is 8.78 Å². The third-order valence-electron chi connectivity index (χ3n) is 1.06. The van der Waals surface area contributed by atoms with Gasteiger partial charge >= 0.3 is 0 Å². The summed E-state index contributed by atoms with van der Waals surface area (Å²) in [5, 5.41) is 3.46. The summed E-state index contributed by atoms with van der Waals surface area (Å²) in [5.74, 6) is 0. The van der Waals surface area contributed by atoms with Gasteiger partial charge in [-0.05, 0) is 22.9 Å². The van der Waals surface area contributed by atoms with Crippen LogP contribution in [-0.4, -0.2) is 12.1 Å². The van der Waals surface area contributed by atoms with Crippen LogP contribution in [0.2, 0.25) is 0 Å². The number of halogens is 3. The van der Waals surface area contributed by atoms with Gasteiger partial charge in [0, 0.05) is 0 Å². The Labute approximate surface area is 65.1 Å². The lowest BCUT2D eigenvalue weighted by Gasteiger charge is -1.95. The molecule has 1 aliphatic rings. The molecule has 1 heterocycles. The topological polar surface area (TPSA) is 26.5 Å². The Bertz CT molecular complexity index is 210. The zero-order valence-corrected chi connectivity index (χ0v) is 6.69. The molecule has 5 heteroatoms. The molecule has 0 bridgehead atoms. The van der Waals surface area contributed by atoms with Crippen molar-refractivity contribution in [3.8, 4) is 0 Å². The summed E-state index contributed by atoms with van der Waals surface area (Å²) in [6.45, 7) is 1.61. The zero-order valence-electron chi connectivity index (χ0n) is 5.11. The molecule has 1 aliphatic heterocycles. The van der Waals surface area contributed by atoms with E-state index >= 15 is 0 Å². The fraction of sp³-hybridized carbons (Fsp3) is 0.400. The van der Waals surface area contributed by atoms with Gasteiger partial charge in [0.15, 0.2) is 0 Å². The van der Waals surface area contributed by atoms with Crippen molar-refractivity contribution in [1.29, 1.82) is 0 Å². The Morgan fingerprint density at radius 2 is 2.10 bits per heavy atom. The normalized spacial score (nSPS) is 17.9. The van der Waals surface area contributed by atoms with Gasteiger partial charge in [-0.25, -0.2) is 8.78 Å². The maximum Gasteiger partial charge on any atom is 0.283 e. The molecular formula is C5H4BrF2N2. The van der Waals surface area contributed by atoms with Crippen molar-refractivity contribution in [1.82, 2.24) is 5.43 Å². The molecular weight excluding hydrogens is 206 g/mol. The number of hydrogen-bond acceptors (Lipinski definition) is 1. The van der Waals surface area contributed by atoms with E-state index in [1.165, 1.54) is 0 Å². The minimum Gasteiger partial charge on any atom is -0.203 e. The van der Waals surface area contributed by atoms with E-state index < -0.39 is 6.43 Å². The van der Waals surface area contributed by atoms with Crippen LogP contribution in [0.15, 0.2) is 15.3 Å². The van der Waals surface area contributed by atoms with E-state index in [0.717, 1.165) is 0 Å². The molecule has 0 aromatic rings. The first-order chi connectivity index (χ1) is 4.63. The average Bonchev–Trinajstić information content (AvgIpc) is 2.14. The Kier molecular flexibility index (Phi) is 2.03. The standard InChI is InChI=1S/C5H4BrF2N2/c1-2-3(6)4(5(7)8)10-9-2/h5H,1H3. The van der Waals surface area contributed by atoms with Crippen molar-refractivity contribution in [2.75, 3.05) is 0 Å². The van der Waals surface area contributed by atoms with Gasteiger partial charge in [-0.2, -0.15) is 5.10 Å².